The largest absolute Gasteiger partial charge is 0.396 e. The first-order valence-corrected chi connectivity index (χ1v) is 5.81. The van der Waals surface area contributed by atoms with Gasteiger partial charge in [0.15, 0.2) is 0 Å². The van der Waals surface area contributed by atoms with Gasteiger partial charge in [-0.2, -0.15) is 0 Å². The fourth-order valence-corrected chi connectivity index (χ4v) is 2.00. The molecule has 1 heteroatoms. The zero-order valence-electron chi connectivity index (χ0n) is 9.55. The molecule has 0 aliphatic heterocycles. The molecule has 1 atom stereocenters. The molecule has 0 fully saturated rings. The lowest BCUT2D eigenvalue weighted by atomic mass is 9.89. The first-order valence-electron chi connectivity index (χ1n) is 5.81. The standard InChI is InChI=1S/C12H26O/c1-4-7-12(10-11(2)3)8-5-6-9-13/h11-13H,4-10H2,1-3H3/t12-/m1/s1. The molecule has 0 unspecified atom stereocenters. The van der Waals surface area contributed by atoms with E-state index in [0.29, 0.717) is 6.61 Å². The highest BCUT2D eigenvalue weighted by Crippen LogP contribution is 2.22. The van der Waals surface area contributed by atoms with Crippen LogP contribution in [0.15, 0.2) is 0 Å². The Labute approximate surface area is 83.5 Å². The number of unbranched alkanes of at least 4 members (excludes halogenated alkanes) is 1. The molecular formula is C12H26O. The second kappa shape index (κ2) is 8.55. The number of hydrogen-bond acceptors (Lipinski definition) is 1. The minimum Gasteiger partial charge on any atom is -0.396 e. The highest BCUT2D eigenvalue weighted by atomic mass is 16.2. The zero-order chi connectivity index (χ0) is 10.1. The summed E-state index contributed by atoms with van der Waals surface area (Å²) in [6, 6.07) is 0. The summed E-state index contributed by atoms with van der Waals surface area (Å²) in [4.78, 5) is 0. The first-order chi connectivity index (χ1) is 6.20. The van der Waals surface area contributed by atoms with E-state index < -0.39 is 0 Å². The normalized spacial score (nSPS) is 13.6. The predicted octanol–water partition coefficient (Wildman–Crippen LogP) is 3.61. The number of rotatable bonds is 8. The van der Waals surface area contributed by atoms with Crippen LogP contribution in [0.4, 0.5) is 0 Å². The highest BCUT2D eigenvalue weighted by molar-refractivity contribution is 4.61. The highest BCUT2D eigenvalue weighted by Gasteiger charge is 2.09. The molecule has 0 rings (SSSR count). The third-order valence-corrected chi connectivity index (χ3v) is 2.52. The summed E-state index contributed by atoms with van der Waals surface area (Å²) in [5.41, 5.74) is 0. The molecule has 0 bridgehead atoms. The van der Waals surface area contributed by atoms with Gasteiger partial charge < -0.3 is 5.11 Å². The summed E-state index contributed by atoms with van der Waals surface area (Å²) in [5, 5.41) is 8.69. The van der Waals surface area contributed by atoms with Crippen LogP contribution < -0.4 is 0 Å². The molecule has 0 aromatic rings. The van der Waals surface area contributed by atoms with Crippen LogP contribution in [0.5, 0.6) is 0 Å². The molecule has 0 saturated heterocycles. The molecule has 0 amide bonds. The van der Waals surface area contributed by atoms with Crippen molar-refractivity contribution in [3.8, 4) is 0 Å². The molecule has 1 N–H and O–H groups in total. The smallest absolute Gasteiger partial charge is 0.0431 e. The monoisotopic (exact) mass is 186 g/mol. The van der Waals surface area contributed by atoms with Gasteiger partial charge in [0.25, 0.3) is 0 Å². The second-order valence-electron chi connectivity index (χ2n) is 4.50. The van der Waals surface area contributed by atoms with Crippen LogP contribution in [0.25, 0.3) is 0 Å². The van der Waals surface area contributed by atoms with Gasteiger partial charge in [0, 0.05) is 6.61 Å². The van der Waals surface area contributed by atoms with Crippen molar-refractivity contribution in [2.24, 2.45) is 11.8 Å². The van der Waals surface area contributed by atoms with Crippen LogP contribution in [0.1, 0.15) is 59.3 Å². The van der Waals surface area contributed by atoms with E-state index in [9.17, 15) is 0 Å². The average Bonchev–Trinajstić information content (AvgIpc) is 2.04. The van der Waals surface area contributed by atoms with E-state index in [-0.39, 0.29) is 0 Å². The molecule has 80 valence electrons. The van der Waals surface area contributed by atoms with Gasteiger partial charge in [-0.25, -0.2) is 0 Å². The number of hydrogen-bond donors (Lipinski definition) is 1. The SMILES string of the molecule is CCC[C@H](CCCCO)CC(C)C. The Balaban J connectivity index is 3.53. The van der Waals surface area contributed by atoms with Gasteiger partial charge in [0.05, 0.1) is 0 Å². The Bertz CT molecular complexity index is 99.3. The van der Waals surface area contributed by atoms with E-state index in [1.165, 1.54) is 32.1 Å². The Kier molecular flexibility index (Phi) is 8.53. The third-order valence-electron chi connectivity index (χ3n) is 2.52. The van der Waals surface area contributed by atoms with Gasteiger partial charge in [0.1, 0.15) is 0 Å². The lowest BCUT2D eigenvalue weighted by molar-refractivity contribution is 0.270. The maximum absolute atomic E-state index is 8.69. The predicted molar refractivity (Wildman–Crippen MR) is 58.8 cm³/mol. The summed E-state index contributed by atoms with van der Waals surface area (Å²) >= 11 is 0. The summed E-state index contributed by atoms with van der Waals surface area (Å²) in [6.45, 7) is 7.23. The molecular weight excluding hydrogens is 160 g/mol. The van der Waals surface area contributed by atoms with Crippen molar-refractivity contribution in [3.05, 3.63) is 0 Å². The van der Waals surface area contributed by atoms with Gasteiger partial charge in [-0.3, -0.25) is 0 Å². The molecule has 0 aromatic carbocycles. The van der Waals surface area contributed by atoms with Crippen molar-refractivity contribution < 1.29 is 5.11 Å². The van der Waals surface area contributed by atoms with Crippen molar-refractivity contribution in [1.29, 1.82) is 0 Å². The maximum Gasteiger partial charge on any atom is 0.0431 e. The Morgan fingerprint density at radius 2 is 1.77 bits per heavy atom. The third kappa shape index (κ3) is 8.29. The van der Waals surface area contributed by atoms with Crippen LogP contribution >= 0.6 is 0 Å². The summed E-state index contributed by atoms with van der Waals surface area (Å²) in [5.74, 6) is 1.72. The molecule has 0 aliphatic carbocycles. The molecule has 0 radical (unpaired) electrons. The van der Waals surface area contributed by atoms with Crippen LogP contribution in [0.2, 0.25) is 0 Å². The zero-order valence-corrected chi connectivity index (χ0v) is 9.55. The van der Waals surface area contributed by atoms with Crippen LogP contribution in [0.3, 0.4) is 0 Å². The Morgan fingerprint density at radius 1 is 1.08 bits per heavy atom. The lowest BCUT2D eigenvalue weighted by Gasteiger charge is -2.17. The molecule has 0 heterocycles. The van der Waals surface area contributed by atoms with E-state index in [0.717, 1.165) is 18.3 Å². The van der Waals surface area contributed by atoms with Crippen molar-refractivity contribution in [1.82, 2.24) is 0 Å². The van der Waals surface area contributed by atoms with Gasteiger partial charge in [-0.15, -0.1) is 0 Å². The molecule has 0 aromatic heterocycles. The summed E-state index contributed by atoms with van der Waals surface area (Å²) in [6.07, 6.45) is 7.53. The summed E-state index contributed by atoms with van der Waals surface area (Å²) in [7, 11) is 0. The van der Waals surface area contributed by atoms with Crippen LogP contribution in [-0.2, 0) is 0 Å². The van der Waals surface area contributed by atoms with E-state index in [1.54, 1.807) is 0 Å². The van der Waals surface area contributed by atoms with E-state index >= 15 is 0 Å². The topological polar surface area (TPSA) is 20.2 Å². The Morgan fingerprint density at radius 3 is 2.23 bits per heavy atom. The maximum atomic E-state index is 8.69. The minimum atomic E-state index is 0.362. The van der Waals surface area contributed by atoms with E-state index in [2.05, 4.69) is 20.8 Å². The van der Waals surface area contributed by atoms with Crippen LogP contribution in [0, 0.1) is 11.8 Å². The quantitative estimate of drug-likeness (QED) is 0.574. The second-order valence-corrected chi connectivity index (χ2v) is 4.50. The van der Waals surface area contributed by atoms with E-state index in [1.807, 2.05) is 0 Å². The van der Waals surface area contributed by atoms with Crippen molar-refractivity contribution in [3.63, 3.8) is 0 Å². The minimum absolute atomic E-state index is 0.362. The van der Waals surface area contributed by atoms with Gasteiger partial charge >= 0.3 is 0 Å². The fourth-order valence-electron chi connectivity index (χ4n) is 2.00. The number of aliphatic hydroxyl groups excluding tert-OH is 1. The van der Waals surface area contributed by atoms with Gasteiger partial charge in [-0.1, -0.05) is 46.5 Å². The van der Waals surface area contributed by atoms with Crippen molar-refractivity contribution >= 4 is 0 Å². The van der Waals surface area contributed by atoms with Crippen molar-refractivity contribution in [2.75, 3.05) is 6.61 Å². The Hall–Kier alpha value is -0.0400. The molecule has 0 saturated carbocycles. The van der Waals surface area contributed by atoms with E-state index in [4.69, 9.17) is 5.11 Å². The fraction of sp³-hybridized carbons (Fsp3) is 1.00. The number of aliphatic hydroxyl groups is 1. The van der Waals surface area contributed by atoms with Gasteiger partial charge in [0.2, 0.25) is 0 Å². The van der Waals surface area contributed by atoms with Crippen molar-refractivity contribution in [2.45, 2.75) is 59.3 Å². The molecule has 13 heavy (non-hydrogen) atoms. The summed E-state index contributed by atoms with van der Waals surface area (Å²) < 4.78 is 0. The molecule has 1 nitrogen and oxygen atoms in total. The molecule has 0 spiro atoms. The van der Waals surface area contributed by atoms with Crippen LogP contribution in [-0.4, -0.2) is 11.7 Å². The van der Waals surface area contributed by atoms with Gasteiger partial charge in [-0.05, 0) is 24.7 Å². The average molecular weight is 186 g/mol. The first kappa shape index (κ1) is 13.0. The molecule has 0 aliphatic rings. The lowest BCUT2D eigenvalue weighted by Crippen LogP contribution is -2.04.